The molecule has 0 bridgehead atoms. The van der Waals surface area contributed by atoms with E-state index in [1.165, 1.54) is 0 Å². The van der Waals surface area contributed by atoms with E-state index in [1.807, 2.05) is 38.1 Å². The highest BCUT2D eigenvalue weighted by molar-refractivity contribution is 7.91. The highest BCUT2D eigenvalue weighted by Gasteiger charge is 2.31. The topological polar surface area (TPSA) is 66.5 Å². The van der Waals surface area contributed by atoms with Crippen molar-refractivity contribution >= 4 is 27.1 Å². The molecule has 116 valence electrons. The van der Waals surface area contributed by atoms with Gasteiger partial charge < -0.3 is 10.2 Å². The van der Waals surface area contributed by atoms with E-state index < -0.39 is 9.84 Å². The van der Waals surface area contributed by atoms with Crippen molar-refractivity contribution in [2.75, 3.05) is 28.3 Å². The monoisotopic (exact) mass is 310 g/mol. The molecule has 0 saturated carbocycles. The highest BCUT2D eigenvalue weighted by atomic mass is 32.2. The molecule has 1 aromatic rings. The Labute approximate surface area is 126 Å². The van der Waals surface area contributed by atoms with E-state index in [0.29, 0.717) is 12.8 Å². The number of nitrogens with one attached hydrogen (secondary N) is 1. The first-order chi connectivity index (χ1) is 9.95. The Morgan fingerprint density at radius 3 is 2.43 bits per heavy atom. The number of rotatable bonds is 5. The molecule has 6 heteroatoms. The molecule has 0 aliphatic carbocycles. The smallest absolute Gasteiger partial charge is 0.224 e. The van der Waals surface area contributed by atoms with Crippen LogP contribution >= 0.6 is 0 Å². The SMILES string of the molecule is CCC(=O)Nc1ccc(N(CC)C2CCS(=O)(=O)C2)cc1. The van der Waals surface area contributed by atoms with Gasteiger partial charge in [-0.15, -0.1) is 0 Å². The van der Waals surface area contributed by atoms with Crippen molar-refractivity contribution < 1.29 is 13.2 Å². The molecule has 1 unspecified atom stereocenters. The van der Waals surface area contributed by atoms with Crippen LogP contribution in [-0.2, 0) is 14.6 Å². The predicted octanol–water partition coefficient (Wildman–Crippen LogP) is 2.05. The summed E-state index contributed by atoms with van der Waals surface area (Å²) in [6, 6.07) is 7.62. The van der Waals surface area contributed by atoms with Crippen LogP contribution in [0.15, 0.2) is 24.3 Å². The average Bonchev–Trinajstić information content (AvgIpc) is 2.81. The minimum absolute atomic E-state index is 0.0167. The Morgan fingerprint density at radius 2 is 1.95 bits per heavy atom. The molecule has 1 fully saturated rings. The third-order valence-electron chi connectivity index (χ3n) is 3.79. The molecule has 1 aliphatic heterocycles. The Kier molecular flexibility index (Phi) is 4.88. The zero-order valence-electron chi connectivity index (χ0n) is 12.5. The number of hydrogen-bond donors (Lipinski definition) is 1. The lowest BCUT2D eigenvalue weighted by atomic mass is 10.1. The number of anilines is 2. The molecule has 1 N–H and O–H groups in total. The van der Waals surface area contributed by atoms with Gasteiger partial charge in [-0.25, -0.2) is 8.42 Å². The van der Waals surface area contributed by atoms with Gasteiger partial charge in [-0.2, -0.15) is 0 Å². The van der Waals surface area contributed by atoms with Crippen LogP contribution in [-0.4, -0.2) is 38.4 Å². The van der Waals surface area contributed by atoms with Crippen LogP contribution < -0.4 is 10.2 Å². The fourth-order valence-corrected chi connectivity index (χ4v) is 4.39. The summed E-state index contributed by atoms with van der Waals surface area (Å²) in [4.78, 5) is 13.5. The third kappa shape index (κ3) is 3.97. The van der Waals surface area contributed by atoms with Crippen LogP contribution in [0.3, 0.4) is 0 Å². The first-order valence-electron chi connectivity index (χ1n) is 7.32. The molecule has 5 nitrogen and oxygen atoms in total. The summed E-state index contributed by atoms with van der Waals surface area (Å²) in [5, 5.41) is 2.81. The lowest BCUT2D eigenvalue weighted by Crippen LogP contribution is -2.36. The number of amides is 1. The lowest BCUT2D eigenvalue weighted by molar-refractivity contribution is -0.115. The number of hydrogen-bond acceptors (Lipinski definition) is 4. The predicted molar refractivity (Wildman–Crippen MR) is 85.4 cm³/mol. The van der Waals surface area contributed by atoms with Crippen molar-refractivity contribution in [1.29, 1.82) is 0 Å². The number of benzene rings is 1. The van der Waals surface area contributed by atoms with Crippen molar-refractivity contribution in [1.82, 2.24) is 0 Å². The maximum atomic E-state index is 11.6. The van der Waals surface area contributed by atoms with E-state index in [1.54, 1.807) is 0 Å². The third-order valence-corrected chi connectivity index (χ3v) is 5.54. The van der Waals surface area contributed by atoms with E-state index in [2.05, 4.69) is 10.2 Å². The van der Waals surface area contributed by atoms with Crippen LogP contribution in [0, 0.1) is 0 Å². The van der Waals surface area contributed by atoms with E-state index in [-0.39, 0.29) is 23.5 Å². The van der Waals surface area contributed by atoms with Gasteiger partial charge >= 0.3 is 0 Å². The molecular formula is C15H22N2O3S. The van der Waals surface area contributed by atoms with Crippen molar-refractivity contribution in [3.8, 4) is 0 Å². The Balaban J connectivity index is 2.10. The maximum absolute atomic E-state index is 11.6. The number of carbonyl (C=O) groups is 1. The van der Waals surface area contributed by atoms with Crippen LogP contribution in [0.1, 0.15) is 26.7 Å². The van der Waals surface area contributed by atoms with Crippen LogP contribution in [0.5, 0.6) is 0 Å². The average molecular weight is 310 g/mol. The molecule has 1 aromatic carbocycles. The summed E-state index contributed by atoms with van der Waals surface area (Å²) < 4.78 is 23.3. The standard InChI is InChI=1S/C15H22N2O3S/c1-3-15(18)16-12-5-7-13(8-6-12)17(4-2)14-9-10-21(19,20)11-14/h5-8,14H,3-4,9-11H2,1-2H3,(H,16,18). The lowest BCUT2D eigenvalue weighted by Gasteiger charge is -2.29. The van der Waals surface area contributed by atoms with Crippen molar-refractivity contribution in [3.63, 3.8) is 0 Å². The molecule has 21 heavy (non-hydrogen) atoms. The van der Waals surface area contributed by atoms with Crippen LogP contribution in [0.25, 0.3) is 0 Å². The second-order valence-electron chi connectivity index (χ2n) is 5.29. The molecule has 0 radical (unpaired) electrons. The summed E-state index contributed by atoms with van der Waals surface area (Å²) in [5.74, 6) is 0.491. The second-order valence-corrected chi connectivity index (χ2v) is 7.52. The Morgan fingerprint density at radius 1 is 1.29 bits per heavy atom. The first-order valence-corrected chi connectivity index (χ1v) is 9.14. The zero-order valence-corrected chi connectivity index (χ0v) is 13.3. The Hall–Kier alpha value is -1.56. The molecule has 1 heterocycles. The number of sulfone groups is 1. The normalized spacial score (nSPS) is 20.2. The molecule has 1 saturated heterocycles. The largest absolute Gasteiger partial charge is 0.368 e. The fourth-order valence-electron chi connectivity index (χ4n) is 2.66. The zero-order chi connectivity index (χ0) is 15.5. The van der Waals surface area contributed by atoms with Gasteiger partial charge in [-0.3, -0.25) is 4.79 Å². The van der Waals surface area contributed by atoms with Gasteiger partial charge in [0, 0.05) is 30.4 Å². The van der Waals surface area contributed by atoms with Gasteiger partial charge in [-0.1, -0.05) is 6.92 Å². The van der Waals surface area contributed by atoms with Gasteiger partial charge in [-0.05, 0) is 37.6 Å². The second kappa shape index (κ2) is 6.47. The van der Waals surface area contributed by atoms with Crippen molar-refractivity contribution in [3.05, 3.63) is 24.3 Å². The van der Waals surface area contributed by atoms with E-state index in [9.17, 15) is 13.2 Å². The molecule has 2 rings (SSSR count). The molecule has 0 spiro atoms. The van der Waals surface area contributed by atoms with Gasteiger partial charge in [0.2, 0.25) is 5.91 Å². The van der Waals surface area contributed by atoms with Gasteiger partial charge in [0.25, 0.3) is 0 Å². The molecular weight excluding hydrogens is 288 g/mol. The maximum Gasteiger partial charge on any atom is 0.224 e. The van der Waals surface area contributed by atoms with Crippen LogP contribution in [0.2, 0.25) is 0 Å². The van der Waals surface area contributed by atoms with E-state index in [4.69, 9.17) is 0 Å². The molecule has 0 aromatic heterocycles. The van der Waals surface area contributed by atoms with E-state index >= 15 is 0 Å². The van der Waals surface area contributed by atoms with E-state index in [0.717, 1.165) is 17.9 Å². The Bertz CT molecular complexity index is 596. The summed E-state index contributed by atoms with van der Waals surface area (Å²) in [6.45, 7) is 4.60. The quantitative estimate of drug-likeness (QED) is 0.904. The summed E-state index contributed by atoms with van der Waals surface area (Å²) in [5.41, 5.74) is 1.76. The molecule has 1 atom stereocenters. The van der Waals surface area contributed by atoms with Crippen LogP contribution in [0.4, 0.5) is 11.4 Å². The van der Waals surface area contributed by atoms with Gasteiger partial charge in [0.1, 0.15) is 0 Å². The fraction of sp³-hybridized carbons (Fsp3) is 0.533. The summed E-state index contributed by atoms with van der Waals surface area (Å²) in [6.07, 6.45) is 1.13. The first kappa shape index (κ1) is 15.8. The van der Waals surface area contributed by atoms with Crippen molar-refractivity contribution in [2.24, 2.45) is 0 Å². The minimum atomic E-state index is -2.88. The van der Waals surface area contributed by atoms with Gasteiger partial charge in [0.05, 0.1) is 11.5 Å². The molecule has 1 aliphatic rings. The summed E-state index contributed by atoms with van der Waals surface area (Å²) >= 11 is 0. The summed E-state index contributed by atoms with van der Waals surface area (Å²) in [7, 11) is -2.88. The van der Waals surface area contributed by atoms with Gasteiger partial charge in [0.15, 0.2) is 9.84 Å². The molecule has 1 amide bonds. The van der Waals surface area contributed by atoms with Crippen molar-refractivity contribution in [2.45, 2.75) is 32.7 Å². The minimum Gasteiger partial charge on any atom is -0.368 e. The number of carbonyl (C=O) groups excluding carboxylic acids is 1. The highest BCUT2D eigenvalue weighted by Crippen LogP contribution is 2.25. The number of nitrogens with zero attached hydrogens (tertiary/aromatic N) is 1.